The number of hydrogen-bond acceptors (Lipinski definition) is 2. The number of quaternary nitrogens is 1. The van der Waals surface area contributed by atoms with Gasteiger partial charge in [0.05, 0.1) is 6.54 Å². The molecule has 0 bridgehead atoms. The Morgan fingerprint density at radius 3 is 1.96 bits per heavy atom. The molecule has 0 unspecified atom stereocenters. The molecule has 2 aromatic carbocycles. The van der Waals surface area contributed by atoms with Gasteiger partial charge in [0.25, 0.3) is 5.91 Å². The maximum absolute atomic E-state index is 12.3. The fourth-order valence-electron chi connectivity index (χ4n) is 2.54. The minimum absolute atomic E-state index is 0.0461. The van der Waals surface area contributed by atoms with Crippen molar-refractivity contribution in [1.82, 2.24) is 10.2 Å². The van der Waals surface area contributed by atoms with Crippen molar-refractivity contribution in [3.8, 4) is 0 Å². The zero-order valence-electron chi connectivity index (χ0n) is 14.1. The maximum Gasteiger partial charge on any atom is 0.277 e. The van der Waals surface area contributed by atoms with Crippen LogP contribution in [0.4, 0.5) is 0 Å². The van der Waals surface area contributed by atoms with Crippen LogP contribution in [0.2, 0.25) is 0 Å². The minimum atomic E-state index is -0.173. The van der Waals surface area contributed by atoms with Gasteiger partial charge in [0.1, 0.15) is 6.04 Å². The van der Waals surface area contributed by atoms with Gasteiger partial charge >= 0.3 is 0 Å². The molecule has 2 aromatic rings. The third-order valence-electron chi connectivity index (χ3n) is 3.93. The second kappa shape index (κ2) is 8.84. The standard InChI is InChI=1S/C19H23N3O2/c1-20-17(23)14-22(2)18(24)13-21-19(15-9-5-3-6-10-15)16-11-7-4-8-12-16/h3-12,19,21H,13-14H2,1-2H3,(H,20,23)/p+1. The average Bonchev–Trinajstić information content (AvgIpc) is 2.63. The Balaban J connectivity index is 2.07. The van der Waals surface area contributed by atoms with E-state index in [1.165, 1.54) is 4.90 Å². The second-order valence-corrected chi connectivity index (χ2v) is 5.66. The molecule has 0 aliphatic rings. The lowest BCUT2D eigenvalue weighted by molar-refractivity contribution is -0.677. The quantitative estimate of drug-likeness (QED) is 0.780. The summed E-state index contributed by atoms with van der Waals surface area (Å²) in [6.07, 6.45) is 0. The Morgan fingerprint density at radius 1 is 1.00 bits per heavy atom. The lowest BCUT2D eigenvalue weighted by Gasteiger charge is -2.19. The lowest BCUT2D eigenvalue weighted by Crippen LogP contribution is -2.87. The molecule has 2 amide bonds. The molecule has 0 fully saturated rings. The van der Waals surface area contributed by atoms with Crippen molar-refractivity contribution in [3.05, 3.63) is 71.8 Å². The monoisotopic (exact) mass is 326 g/mol. The molecule has 0 atom stereocenters. The van der Waals surface area contributed by atoms with E-state index < -0.39 is 0 Å². The van der Waals surface area contributed by atoms with Crippen molar-refractivity contribution >= 4 is 11.8 Å². The smallest absolute Gasteiger partial charge is 0.277 e. The van der Waals surface area contributed by atoms with E-state index in [1.807, 2.05) is 41.7 Å². The second-order valence-electron chi connectivity index (χ2n) is 5.66. The summed E-state index contributed by atoms with van der Waals surface area (Å²) in [5.41, 5.74) is 2.29. The van der Waals surface area contributed by atoms with Gasteiger partial charge in [-0.25, -0.2) is 0 Å². The number of nitrogens with one attached hydrogen (secondary N) is 1. The van der Waals surface area contributed by atoms with Gasteiger partial charge in [-0.1, -0.05) is 60.7 Å². The molecule has 126 valence electrons. The van der Waals surface area contributed by atoms with E-state index >= 15 is 0 Å². The molecule has 0 radical (unpaired) electrons. The summed E-state index contributed by atoms with van der Waals surface area (Å²) in [7, 11) is 3.21. The molecule has 0 saturated carbocycles. The summed E-state index contributed by atoms with van der Waals surface area (Å²) < 4.78 is 0. The molecule has 0 saturated heterocycles. The number of nitrogens with two attached hydrogens (primary N) is 1. The van der Waals surface area contributed by atoms with E-state index in [0.717, 1.165) is 11.1 Å². The molecule has 0 aliphatic heterocycles. The first kappa shape index (κ1) is 17.7. The van der Waals surface area contributed by atoms with Gasteiger partial charge in [-0.2, -0.15) is 0 Å². The van der Waals surface area contributed by atoms with Crippen molar-refractivity contribution < 1.29 is 14.9 Å². The van der Waals surface area contributed by atoms with Crippen LogP contribution >= 0.6 is 0 Å². The number of rotatable bonds is 7. The predicted octanol–water partition coefficient (Wildman–Crippen LogP) is 0.544. The van der Waals surface area contributed by atoms with Crippen LogP contribution in [0, 0.1) is 0 Å². The molecule has 0 heterocycles. The van der Waals surface area contributed by atoms with Crippen molar-refractivity contribution in [2.45, 2.75) is 6.04 Å². The van der Waals surface area contributed by atoms with Crippen LogP contribution in [0.25, 0.3) is 0 Å². The number of nitrogens with zero attached hydrogens (tertiary/aromatic N) is 1. The predicted molar refractivity (Wildman–Crippen MR) is 93.2 cm³/mol. The van der Waals surface area contributed by atoms with Gasteiger partial charge in [-0.15, -0.1) is 0 Å². The van der Waals surface area contributed by atoms with Crippen LogP contribution in [-0.4, -0.2) is 43.9 Å². The van der Waals surface area contributed by atoms with Gasteiger partial charge in [0.2, 0.25) is 5.91 Å². The SMILES string of the molecule is CNC(=O)CN(C)C(=O)C[NH2+]C(c1ccccc1)c1ccccc1. The van der Waals surface area contributed by atoms with Crippen molar-refractivity contribution in [1.29, 1.82) is 0 Å². The fourth-order valence-corrected chi connectivity index (χ4v) is 2.54. The Kier molecular flexibility index (Phi) is 6.51. The molecule has 3 N–H and O–H groups in total. The Labute approximate surface area is 142 Å². The zero-order chi connectivity index (χ0) is 17.4. The third-order valence-corrected chi connectivity index (χ3v) is 3.93. The summed E-state index contributed by atoms with van der Waals surface area (Å²) in [5, 5.41) is 4.53. The van der Waals surface area contributed by atoms with Crippen LogP contribution in [0.5, 0.6) is 0 Å². The largest absolute Gasteiger partial charge is 0.358 e. The molecule has 0 aromatic heterocycles. The Bertz CT molecular complexity index is 619. The molecule has 2 rings (SSSR count). The third kappa shape index (κ3) is 4.93. The summed E-state index contributed by atoms with van der Waals surface area (Å²) >= 11 is 0. The van der Waals surface area contributed by atoms with Gasteiger partial charge in [-0.3, -0.25) is 9.59 Å². The van der Waals surface area contributed by atoms with Crippen LogP contribution in [0.15, 0.2) is 60.7 Å². The van der Waals surface area contributed by atoms with E-state index in [2.05, 4.69) is 29.6 Å². The van der Waals surface area contributed by atoms with E-state index in [1.54, 1.807) is 14.1 Å². The first-order chi connectivity index (χ1) is 11.6. The molecule has 0 aliphatic carbocycles. The van der Waals surface area contributed by atoms with Crippen molar-refractivity contribution in [2.24, 2.45) is 0 Å². The van der Waals surface area contributed by atoms with Gasteiger partial charge in [0, 0.05) is 25.2 Å². The van der Waals surface area contributed by atoms with E-state index in [-0.39, 0.29) is 30.9 Å². The Hall–Kier alpha value is -2.66. The molecule has 0 spiro atoms. The molecular weight excluding hydrogens is 302 g/mol. The highest BCUT2D eigenvalue weighted by Gasteiger charge is 2.20. The summed E-state index contributed by atoms with van der Waals surface area (Å²) in [4.78, 5) is 25.1. The highest BCUT2D eigenvalue weighted by Crippen LogP contribution is 2.17. The molecule has 5 heteroatoms. The van der Waals surface area contributed by atoms with Crippen LogP contribution in [-0.2, 0) is 9.59 Å². The molecule has 24 heavy (non-hydrogen) atoms. The average molecular weight is 326 g/mol. The van der Waals surface area contributed by atoms with Gasteiger partial charge in [-0.05, 0) is 0 Å². The van der Waals surface area contributed by atoms with E-state index in [4.69, 9.17) is 0 Å². The molecule has 5 nitrogen and oxygen atoms in total. The maximum atomic E-state index is 12.3. The number of likely N-dealkylation sites (N-methyl/N-ethyl adjacent to an activating group) is 2. The summed E-state index contributed by atoms with van der Waals surface area (Å²) in [6.45, 7) is 0.354. The highest BCUT2D eigenvalue weighted by molar-refractivity contribution is 5.84. The van der Waals surface area contributed by atoms with E-state index in [0.29, 0.717) is 0 Å². The van der Waals surface area contributed by atoms with Crippen LogP contribution in [0.3, 0.4) is 0 Å². The summed E-state index contributed by atoms with van der Waals surface area (Å²) in [6, 6.07) is 20.3. The van der Waals surface area contributed by atoms with E-state index in [9.17, 15) is 9.59 Å². The zero-order valence-corrected chi connectivity index (χ0v) is 14.1. The normalized spacial score (nSPS) is 10.5. The van der Waals surface area contributed by atoms with Crippen LogP contribution in [0.1, 0.15) is 17.2 Å². The number of hydrogen-bond donors (Lipinski definition) is 2. The van der Waals surface area contributed by atoms with Gasteiger partial charge < -0.3 is 15.5 Å². The first-order valence-corrected chi connectivity index (χ1v) is 7.99. The Morgan fingerprint density at radius 2 is 1.50 bits per heavy atom. The number of amides is 2. The lowest BCUT2D eigenvalue weighted by atomic mass is 9.99. The number of carbonyl (C=O) groups excluding carboxylic acids is 2. The molecular formula is C19H24N3O2+. The van der Waals surface area contributed by atoms with Crippen molar-refractivity contribution in [2.75, 3.05) is 27.2 Å². The van der Waals surface area contributed by atoms with Crippen LogP contribution < -0.4 is 10.6 Å². The number of benzene rings is 2. The topological polar surface area (TPSA) is 66.0 Å². The van der Waals surface area contributed by atoms with Crippen molar-refractivity contribution in [3.63, 3.8) is 0 Å². The fraction of sp³-hybridized carbons (Fsp3) is 0.263. The number of carbonyl (C=O) groups is 2. The van der Waals surface area contributed by atoms with Gasteiger partial charge in [0.15, 0.2) is 6.54 Å². The first-order valence-electron chi connectivity index (χ1n) is 7.99. The summed E-state index contributed by atoms with van der Waals surface area (Å²) in [5.74, 6) is -0.246. The highest BCUT2D eigenvalue weighted by atomic mass is 16.2. The minimum Gasteiger partial charge on any atom is -0.358 e.